The van der Waals surface area contributed by atoms with Gasteiger partial charge in [-0.2, -0.15) is 0 Å². The van der Waals surface area contributed by atoms with Crippen LogP contribution in [0.15, 0.2) is 60.9 Å². The van der Waals surface area contributed by atoms with Gasteiger partial charge in [0, 0.05) is 18.7 Å². The van der Waals surface area contributed by atoms with Gasteiger partial charge >= 0.3 is 5.97 Å². The number of nitrogens with zero attached hydrogens (tertiary/aromatic N) is 5. The molecule has 0 radical (unpaired) electrons. The molecule has 29 heavy (non-hydrogen) atoms. The zero-order chi connectivity index (χ0) is 20.1. The zero-order valence-electron chi connectivity index (χ0n) is 15.8. The van der Waals surface area contributed by atoms with Crippen LogP contribution < -0.4 is 0 Å². The van der Waals surface area contributed by atoms with Crippen molar-refractivity contribution in [2.24, 2.45) is 0 Å². The van der Waals surface area contributed by atoms with Crippen molar-refractivity contribution in [3.63, 3.8) is 0 Å². The van der Waals surface area contributed by atoms with E-state index in [0.29, 0.717) is 24.2 Å². The van der Waals surface area contributed by atoms with Gasteiger partial charge in [0.2, 0.25) is 6.10 Å². The van der Waals surface area contributed by atoms with Gasteiger partial charge < -0.3 is 9.64 Å². The Morgan fingerprint density at radius 2 is 1.66 bits per heavy atom. The zero-order valence-corrected chi connectivity index (χ0v) is 15.8. The number of benzene rings is 2. The van der Waals surface area contributed by atoms with Gasteiger partial charge in [0.1, 0.15) is 6.33 Å². The van der Waals surface area contributed by atoms with Gasteiger partial charge in [0.25, 0.3) is 5.91 Å². The predicted molar refractivity (Wildman–Crippen MR) is 104 cm³/mol. The van der Waals surface area contributed by atoms with E-state index in [2.05, 4.69) is 15.5 Å². The normalized spacial score (nSPS) is 15.0. The fourth-order valence-electron chi connectivity index (χ4n) is 3.37. The van der Waals surface area contributed by atoms with E-state index in [1.165, 1.54) is 11.0 Å². The molecule has 1 aliphatic rings. The molecule has 0 bridgehead atoms. The van der Waals surface area contributed by atoms with Crippen LogP contribution in [0.5, 0.6) is 0 Å². The highest BCUT2D eigenvalue weighted by Crippen LogP contribution is 2.24. The lowest BCUT2D eigenvalue weighted by Crippen LogP contribution is -2.40. The second-order valence-corrected chi connectivity index (χ2v) is 6.88. The quantitative estimate of drug-likeness (QED) is 0.621. The molecule has 1 fully saturated rings. The molecule has 0 spiro atoms. The highest BCUT2D eigenvalue weighted by molar-refractivity contribution is 5.93. The van der Waals surface area contributed by atoms with E-state index in [0.717, 1.165) is 24.9 Å². The van der Waals surface area contributed by atoms with Crippen molar-refractivity contribution >= 4 is 11.9 Å². The molecule has 4 rings (SSSR count). The van der Waals surface area contributed by atoms with Gasteiger partial charge in [0.05, 0.1) is 11.3 Å². The number of piperidine rings is 1. The molecule has 0 N–H and O–H groups in total. The summed E-state index contributed by atoms with van der Waals surface area (Å²) in [5, 5.41) is 11.0. The van der Waals surface area contributed by atoms with Crippen molar-refractivity contribution in [1.82, 2.24) is 25.1 Å². The smallest absolute Gasteiger partial charge is 0.339 e. The monoisotopic (exact) mass is 391 g/mol. The minimum absolute atomic E-state index is 0.172. The average Bonchev–Trinajstić information content (AvgIpc) is 3.33. The minimum atomic E-state index is -0.957. The highest BCUT2D eigenvalue weighted by atomic mass is 16.5. The number of hydrogen-bond acceptors (Lipinski definition) is 6. The van der Waals surface area contributed by atoms with Crippen LogP contribution >= 0.6 is 0 Å². The van der Waals surface area contributed by atoms with Crippen LogP contribution in [0.4, 0.5) is 0 Å². The minimum Gasteiger partial charge on any atom is -0.444 e. The number of ether oxygens (including phenoxy) is 1. The summed E-state index contributed by atoms with van der Waals surface area (Å²) >= 11 is 0. The Balaban J connectivity index is 1.53. The maximum absolute atomic E-state index is 13.1. The number of aromatic nitrogens is 4. The second kappa shape index (κ2) is 8.64. The standard InChI is InChI=1S/C21H21N5O3/c27-20(25-13-5-2-6-14-25)19(16-7-3-1-4-8-16)29-21(28)17-9-11-18(12-10-17)26-15-22-23-24-26/h1,3-4,7-12,15,19H,2,5-6,13-14H2. The molecule has 1 unspecified atom stereocenters. The number of carbonyl (C=O) groups is 2. The first-order valence-corrected chi connectivity index (χ1v) is 9.60. The Morgan fingerprint density at radius 3 is 2.31 bits per heavy atom. The van der Waals surface area contributed by atoms with Crippen LogP contribution in [0.3, 0.4) is 0 Å². The number of likely N-dealkylation sites (tertiary alicyclic amines) is 1. The number of tetrazole rings is 1. The molecule has 3 aromatic rings. The van der Waals surface area contributed by atoms with Gasteiger partial charge in [-0.05, 0) is 54.0 Å². The lowest BCUT2D eigenvalue weighted by molar-refractivity contribution is -0.142. The van der Waals surface area contributed by atoms with Gasteiger partial charge in [-0.1, -0.05) is 30.3 Å². The van der Waals surface area contributed by atoms with Crippen LogP contribution in [-0.2, 0) is 9.53 Å². The molecule has 8 nitrogen and oxygen atoms in total. The summed E-state index contributed by atoms with van der Waals surface area (Å²) in [6, 6.07) is 15.8. The molecule has 2 aromatic carbocycles. The lowest BCUT2D eigenvalue weighted by atomic mass is 10.1. The van der Waals surface area contributed by atoms with Crippen molar-refractivity contribution in [2.45, 2.75) is 25.4 Å². The van der Waals surface area contributed by atoms with Crippen LogP contribution in [0, 0.1) is 0 Å². The Kier molecular flexibility index (Phi) is 5.60. The van der Waals surface area contributed by atoms with Crippen LogP contribution in [0.2, 0.25) is 0 Å². The summed E-state index contributed by atoms with van der Waals surface area (Å²) in [7, 11) is 0. The van der Waals surface area contributed by atoms with Crippen LogP contribution in [0.25, 0.3) is 5.69 Å². The lowest BCUT2D eigenvalue weighted by Gasteiger charge is -2.30. The average molecular weight is 391 g/mol. The SMILES string of the molecule is O=C(OC(C(=O)N1CCCCC1)c1ccccc1)c1ccc(-n2cnnn2)cc1. The first kappa shape index (κ1) is 18.8. The molecular formula is C21H21N5O3. The molecule has 1 aliphatic heterocycles. The van der Waals surface area contributed by atoms with Crippen molar-refractivity contribution in [2.75, 3.05) is 13.1 Å². The molecular weight excluding hydrogens is 370 g/mol. The predicted octanol–water partition coefficient (Wildman–Crippen LogP) is 2.57. The molecule has 1 atom stereocenters. The van der Waals surface area contributed by atoms with Gasteiger partial charge in [-0.15, -0.1) is 5.10 Å². The van der Waals surface area contributed by atoms with E-state index in [9.17, 15) is 9.59 Å². The number of hydrogen-bond donors (Lipinski definition) is 0. The van der Waals surface area contributed by atoms with Crippen molar-refractivity contribution in [1.29, 1.82) is 0 Å². The summed E-state index contributed by atoms with van der Waals surface area (Å²) in [4.78, 5) is 27.7. The second-order valence-electron chi connectivity index (χ2n) is 6.88. The summed E-state index contributed by atoms with van der Waals surface area (Å²) < 4.78 is 7.18. The van der Waals surface area contributed by atoms with E-state index in [4.69, 9.17) is 4.74 Å². The fraction of sp³-hybridized carbons (Fsp3) is 0.286. The van der Waals surface area contributed by atoms with Crippen molar-refractivity contribution < 1.29 is 14.3 Å². The van der Waals surface area contributed by atoms with E-state index < -0.39 is 12.1 Å². The van der Waals surface area contributed by atoms with Gasteiger partial charge in [-0.25, -0.2) is 9.48 Å². The Labute approximate surface area is 168 Å². The van der Waals surface area contributed by atoms with Crippen LogP contribution in [0.1, 0.15) is 41.3 Å². The maximum atomic E-state index is 13.1. The molecule has 1 aromatic heterocycles. The Morgan fingerprint density at radius 1 is 0.931 bits per heavy atom. The summed E-state index contributed by atoms with van der Waals surface area (Å²) in [6.45, 7) is 1.39. The topological polar surface area (TPSA) is 90.2 Å². The van der Waals surface area contributed by atoms with E-state index in [1.54, 1.807) is 41.3 Å². The van der Waals surface area contributed by atoms with Crippen molar-refractivity contribution in [3.8, 4) is 5.69 Å². The van der Waals surface area contributed by atoms with E-state index >= 15 is 0 Å². The largest absolute Gasteiger partial charge is 0.444 e. The first-order valence-electron chi connectivity index (χ1n) is 9.60. The number of amides is 1. The Bertz CT molecular complexity index is 952. The summed E-state index contributed by atoms with van der Waals surface area (Å²) in [5.74, 6) is -0.720. The molecule has 0 saturated carbocycles. The molecule has 0 aliphatic carbocycles. The Hall–Kier alpha value is -3.55. The number of rotatable bonds is 5. The molecule has 1 amide bonds. The third-order valence-corrected chi connectivity index (χ3v) is 4.94. The molecule has 1 saturated heterocycles. The third kappa shape index (κ3) is 4.31. The molecule has 148 valence electrons. The summed E-state index contributed by atoms with van der Waals surface area (Å²) in [5.41, 5.74) is 1.74. The van der Waals surface area contributed by atoms with E-state index in [1.807, 2.05) is 18.2 Å². The number of esters is 1. The first-order chi connectivity index (χ1) is 14.2. The maximum Gasteiger partial charge on any atom is 0.339 e. The number of carbonyl (C=O) groups excluding carboxylic acids is 2. The van der Waals surface area contributed by atoms with E-state index in [-0.39, 0.29) is 5.91 Å². The van der Waals surface area contributed by atoms with Gasteiger partial charge in [0.15, 0.2) is 0 Å². The van der Waals surface area contributed by atoms with Crippen LogP contribution in [-0.4, -0.2) is 50.1 Å². The third-order valence-electron chi connectivity index (χ3n) is 4.94. The van der Waals surface area contributed by atoms with Crippen molar-refractivity contribution in [3.05, 3.63) is 72.1 Å². The molecule has 2 heterocycles. The fourth-order valence-corrected chi connectivity index (χ4v) is 3.37. The summed E-state index contributed by atoms with van der Waals surface area (Å²) in [6.07, 6.45) is 3.57. The van der Waals surface area contributed by atoms with Gasteiger partial charge in [-0.3, -0.25) is 4.79 Å². The highest BCUT2D eigenvalue weighted by Gasteiger charge is 2.30. The molecule has 8 heteroatoms.